The highest BCUT2D eigenvalue weighted by Gasteiger charge is 2.27. The largest absolute Gasteiger partial charge is 0.339 e. The van der Waals surface area contributed by atoms with E-state index in [1.54, 1.807) is 0 Å². The van der Waals surface area contributed by atoms with Gasteiger partial charge >= 0.3 is 0 Å². The van der Waals surface area contributed by atoms with Gasteiger partial charge in [-0.2, -0.15) is 4.98 Å². The number of nitrogens with one attached hydrogen (secondary N) is 1. The molecule has 0 spiro atoms. The molecule has 18 heavy (non-hydrogen) atoms. The SMILES string of the molecule is CCNC(Cc1nc(CC2CC2)no1)C(C)(C)C. The maximum atomic E-state index is 5.36. The average Bonchev–Trinajstić information content (AvgIpc) is 2.96. The van der Waals surface area contributed by atoms with E-state index in [4.69, 9.17) is 4.52 Å². The minimum absolute atomic E-state index is 0.196. The molecule has 0 bridgehead atoms. The molecule has 1 heterocycles. The van der Waals surface area contributed by atoms with Gasteiger partial charge in [-0.25, -0.2) is 0 Å². The summed E-state index contributed by atoms with van der Waals surface area (Å²) in [5, 5.41) is 7.58. The molecule has 0 saturated heterocycles. The van der Waals surface area contributed by atoms with Gasteiger partial charge in [0.1, 0.15) is 0 Å². The standard InChI is InChI=1S/C14H25N3O/c1-5-15-11(14(2,3)4)9-13-16-12(17-18-13)8-10-6-7-10/h10-11,15H,5-9H2,1-4H3. The Balaban J connectivity index is 1.94. The molecule has 4 nitrogen and oxygen atoms in total. The Kier molecular flexibility index (Phi) is 4.05. The first-order chi connectivity index (χ1) is 8.49. The number of likely N-dealkylation sites (N-methyl/N-ethyl adjacent to an activating group) is 1. The highest BCUT2D eigenvalue weighted by Crippen LogP contribution is 2.31. The van der Waals surface area contributed by atoms with Gasteiger partial charge in [0.2, 0.25) is 5.89 Å². The molecule has 2 rings (SSSR count). The van der Waals surface area contributed by atoms with Crippen LogP contribution >= 0.6 is 0 Å². The number of nitrogens with zero attached hydrogens (tertiary/aromatic N) is 2. The van der Waals surface area contributed by atoms with Gasteiger partial charge < -0.3 is 9.84 Å². The lowest BCUT2D eigenvalue weighted by Crippen LogP contribution is -2.41. The van der Waals surface area contributed by atoms with Crippen LogP contribution in [0.2, 0.25) is 0 Å². The van der Waals surface area contributed by atoms with Gasteiger partial charge in [0, 0.05) is 18.9 Å². The monoisotopic (exact) mass is 251 g/mol. The molecule has 1 unspecified atom stereocenters. The molecule has 0 radical (unpaired) electrons. The van der Waals surface area contributed by atoms with E-state index >= 15 is 0 Å². The van der Waals surface area contributed by atoms with Crippen LogP contribution in [-0.2, 0) is 12.8 Å². The predicted molar refractivity (Wildman–Crippen MR) is 71.3 cm³/mol. The lowest BCUT2D eigenvalue weighted by molar-refractivity contribution is 0.247. The van der Waals surface area contributed by atoms with Crippen molar-refractivity contribution < 1.29 is 4.52 Å². The summed E-state index contributed by atoms with van der Waals surface area (Å²) in [5.74, 6) is 2.46. The number of aromatic nitrogens is 2. The Morgan fingerprint density at radius 3 is 2.67 bits per heavy atom. The van der Waals surface area contributed by atoms with E-state index in [1.807, 2.05) is 0 Å². The van der Waals surface area contributed by atoms with Gasteiger partial charge in [-0.15, -0.1) is 0 Å². The summed E-state index contributed by atoms with van der Waals surface area (Å²) in [6.07, 6.45) is 4.46. The molecular formula is C14H25N3O. The smallest absolute Gasteiger partial charge is 0.228 e. The Labute approximate surface area is 110 Å². The number of hydrogen-bond acceptors (Lipinski definition) is 4. The van der Waals surface area contributed by atoms with Crippen molar-refractivity contribution in [2.75, 3.05) is 6.54 Å². The molecule has 0 amide bonds. The molecule has 102 valence electrons. The van der Waals surface area contributed by atoms with Gasteiger partial charge in [-0.05, 0) is 30.7 Å². The molecule has 1 aromatic heterocycles. The number of hydrogen-bond donors (Lipinski definition) is 1. The minimum atomic E-state index is 0.196. The fourth-order valence-electron chi connectivity index (χ4n) is 2.14. The zero-order chi connectivity index (χ0) is 13.2. The molecule has 1 aliphatic carbocycles. The zero-order valence-electron chi connectivity index (χ0n) is 12.0. The highest BCUT2D eigenvalue weighted by atomic mass is 16.5. The Bertz CT molecular complexity index is 377. The third-order valence-electron chi connectivity index (χ3n) is 3.55. The van der Waals surface area contributed by atoms with Crippen LogP contribution in [0.4, 0.5) is 0 Å². The van der Waals surface area contributed by atoms with Crippen molar-refractivity contribution in [3.05, 3.63) is 11.7 Å². The normalized spacial score (nSPS) is 18.0. The van der Waals surface area contributed by atoms with Gasteiger partial charge in [-0.3, -0.25) is 0 Å². The number of rotatable bonds is 6. The van der Waals surface area contributed by atoms with Gasteiger partial charge in [-0.1, -0.05) is 32.9 Å². The molecule has 1 N–H and O–H groups in total. The van der Waals surface area contributed by atoms with E-state index in [0.29, 0.717) is 6.04 Å². The van der Waals surface area contributed by atoms with E-state index in [0.717, 1.165) is 37.0 Å². The summed E-state index contributed by atoms with van der Waals surface area (Å²) in [7, 11) is 0. The molecule has 0 aromatic carbocycles. The van der Waals surface area contributed by atoms with Crippen LogP contribution in [0.5, 0.6) is 0 Å². The van der Waals surface area contributed by atoms with Crippen molar-refractivity contribution in [2.24, 2.45) is 11.3 Å². The van der Waals surface area contributed by atoms with E-state index in [9.17, 15) is 0 Å². The minimum Gasteiger partial charge on any atom is -0.339 e. The van der Waals surface area contributed by atoms with Crippen molar-refractivity contribution in [3.8, 4) is 0 Å². The van der Waals surface area contributed by atoms with Crippen LogP contribution in [0.25, 0.3) is 0 Å². The fraction of sp³-hybridized carbons (Fsp3) is 0.857. The molecule has 4 heteroatoms. The maximum absolute atomic E-state index is 5.36. The summed E-state index contributed by atoms with van der Waals surface area (Å²) in [4.78, 5) is 4.51. The quantitative estimate of drug-likeness (QED) is 0.844. The highest BCUT2D eigenvalue weighted by molar-refractivity contribution is 4.95. The second-order valence-corrected chi connectivity index (χ2v) is 6.43. The maximum Gasteiger partial charge on any atom is 0.228 e. The molecule has 1 saturated carbocycles. The molecule has 0 aliphatic heterocycles. The van der Waals surface area contributed by atoms with Crippen LogP contribution < -0.4 is 5.32 Å². The second-order valence-electron chi connectivity index (χ2n) is 6.43. The first-order valence-corrected chi connectivity index (χ1v) is 7.04. The van der Waals surface area contributed by atoms with Crippen molar-refractivity contribution in [2.45, 2.75) is 59.4 Å². The summed E-state index contributed by atoms with van der Waals surface area (Å²) < 4.78 is 5.36. The molecule has 1 aromatic rings. The predicted octanol–water partition coefficient (Wildman–Crippen LogP) is 2.59. The van der Waals surface area contributed by atoms with Gasteiger partial charge in [0.25, 0.3) is 0 Å². The summed E-state index contributed by atoms with van der Waals surface area (Å²) in [5.41, 5.74) is 0.196. The lowest BCUT2D eigenvalue weighted by atomic mass is 9.84. The summed E-state index contributed by atoms with van der Waals surface area (Å²) in [6, 6.07) is 0.372. The fourth-order valence-corrected chi connectivity index (χ4v) is 2.14. The van der Waals surface area contributed by atoms with Gasteiger partial charge in [0.05, 0.1) is 0 Å². The zero-order valence-corrected chi connectivity index (χ0v) is 12.0. The third kappa shape index (κ3) is 3.80. The van der Waals surface area contributed by atoms with Gasteiger partial charge in [0.15, 0.2) is 5.82 Å². The molecule has 1 fully saturated rings. The topological polar surface area (TPSA) is 51.0 Å². The molecular weight excluding hydrogens is 226 g/mol. The summed E-state index contributed by atoms with van der Waals surface area (Å²) in [6.45, 7) is 9.81. The molecule has 1 aliphatic rings. The van der Waals surface area contributed by atoms with Crippen LogP contribution in [0.1, 0.15) is 52.3 Å². The van der Waals surface area contributed by atoms with Crippen molar-refractivity contribution in [3.63, 3.8) is 0 Å². The average molecular weight is 251 g/mol. The summed E-state index contributed by atoms with van der Waals surface area (Å²) >= 11 is 0. The first kappa shape index (κ1) is 13.5. The Hall–Kier alpha value is -0.900. The van der Waals surface area contributed by atoms with E-state index in [-0.39, 0.29) is 5.41 Å². The third-order valence-corrected chi connectivity index (χ3v) is 3.55. The van der Waals surface area contributed by atoms with E-state index in [2.05, 4.69) is 43.2 Å². The van der Waals surface area contributed by atoms with Crippen LogP contribution in [-0.4, -0.2) is 22.7 Å². The van der Waals surface area contributed by atoms with Crippen LogP contribution in [0, 0.1) is 11.3 Å². The lowest BCUT2D eigenvalue weighted by Gasteiger charge is -2.30. The second kappa shape index (κ2) is 5.39. The Morgan fingerprint density at radius 2 is 2.11 bits per heavy atom. The van der Waals surface area contributed by atoms with Crippen molar-refractivity contribution >= 4 is 0 Å². The molecule has 1 atom stereocenters. The van der Waals surface area contributed by atoms with Crippen molar-refractivity contribution in [1.82, 2.24) is 15.5 Å². The first-order valence-electron chi connectivity index (χ1n) is 7.04. The van der Waals surface area contributed by atoms with E-state index < -0.39 is 0 Å². The van der Waals surface area contributed by atoms with Crippen LogP contribution in [0.3, 0.4) is 0 Å². The van der Waals surface area contributed by atoms with E-state index in [1.165, 1.54) is 12.8 Å². The van der Waals surface area contributed by atoms with Crippen LogP contribution in [0.15, 0.2) is 4.52 Å². The Morgan fingerprint density at radius 1 is 1.39 bits per heavy atom. The van der Waals surface area contributed by atoms with Crippen molar-refractivity contribution in [1.29, 1.82) is 0 Å².